The average molecular weight is 524 g/mol. The van der Waals surface area contributed by atoms with E-state index in [1.54, 1.807) is 23.9 Å². The first-order valence-electron chi connectivity index (χ1n) is 12.2. The first kappa shape index (κ1) is 27.0. The average Bonchev–Trinajstić information content (AvgIpc) is 3.33. The molecule has 1 fully saturated rings. The van der Waals surface area contributed by atoms with Crippen molar-refractivity contribution in [1.82, 2.24) is 25.1 Å². The number of aromatic nitrogens is 2. The molecule has 2 aromatic carbocycles. The number of rotatable bonds is 9. The maximum absolute atomic E-state index is 13.2. The number of aromatic hydroxyl groups is 1. The Bertz CT molecular complexity index is 1330. The molecule has 10 nitrogen and oxygen atoms in total. The molecule has 4 rings (SSSR count). The molecule has 3 N–H and O–H groups in total. The second-order valence-electron chi connectivity index (χ2n) is 9.41. The van der Waals surface area contributed by atoms with Crippen molar-refractivity contribution in [2.24, 2.45) is 0 Å². The van der Waals surface area contributed by atoms with Crippen LogP contribution >= 0.6 is 0 Å². The van der Waals surface area contributed by atoms with Crippen LogP contribution in [-0.4, -0.2) is 70.0 Å². The number of nitrogens with zero attached hydrogens (tertiary/aromatic N) is 3. The maximum Gasteiger partial charge on any atom is 0.294 e. The molecule has 0 aliphatic carbocycles. The Hall–Kier alpha value is -4.09. The van der Waals surface area contributed by atoms with E-state index in [9.17, 15) is 23.9 Å². The van der Waals surface area contributed by atoms with Gasteiger partial charge in [0.1, 0.15) is 11.6 Å². The molecule has 3 aromatic rings. The standard InChI is InChI=1S/C27H30FN5O5/c1-32(2)15-22(34)33-14-20(38-16-18-6-4-3-5-7-18)12-21(33)25-30-23(24(35)27(37)31-25)26(36)29-13-17-8-10-19(28)11-9-17/h3-11,20-21,35H,12-16H2,1-2H3,(H,29,36)(H,30,31,37). The minimum atomic E-state index is -0.893. The molecule has 0 bridgehead atoms. The van der Waals surface area contributed by atoms with Crippen LogP contribution in [0, 0.1) is 5.82 Å². The first-order chi connectivity index (χ1) is 18.2. The van der Waals surface area contributed by atoms with Crippen LogP contribution in [0.5, 0.6) is 5.75 Å². The van der Waals surface area contributed by atoms with Gasteiger partial charge in [0.05, 0.1) is 25.3 Å². The lowest BCUT2D eigenvalue weighted by Gasteiger charge is -2.25. The largest absolute Gasteiger partial charge is 0.501 e. The summed E-state index contributed by atoms with van der Waals surface area (Å²) in [6.45, 7) is 0.801. The van der Waals surface area contributed by atoms with Crippen LogP contribution in [0.4, 0.5) is 4.39 Å². The summed E-state index contributed by atoms with van der Waals surface area (Å²) in [6.07, 6.45) is 0.0114. The number of likely N-dealkylation sites (tertiary alicyclic amines) is 1. The fourth-order valence-electron chi connectivity index (χ4n) is 4.27. The summed E-state index contributed by atoms with van der Waals surface area (Å²) in [5.41, 5.74) is 0.257. The number of nitrogens with one attached hydrogen (secondary N) is 2. The minimum absolute atomic E-state index is 0.0363. The summed E-state index contributed by atoms with van der Waals surface area (Å²) >= 11 is 0. The van der Waals surface area contributed by atoms with E-state index in [2.05, 4.69) is 15.3 Å². The molecule has 11 heteroatoms. The molecule has 2 unspecified atom stereocenters. The summed E-state index contributed by atoms with van der Waals surface area (Å²) in [7, 11) is 3.55. The predicted molar refractivity (Wildman–Crippen MR) is 137 cm³/mol. The fourth-order valence-corrected chi connectivity index (χ4v) is 4.27. The molecule has 2 heterocycles. The van der Waals surface area contributed by atoms with Crippen LogP contribution in [0.15, 0.2) is 59.4 Å². The van der Waals surface area contributed by atoms with Crippen LogP contribution in [0.3, 0.4) is 0 Å². The van der Waals surface area contributed by atoms with Crippen molar-refractivity contribution in [2.75, 3.05) is 27.2 Å². The maximum atomic E-state index is 13.2. The molecule has 0 radical (unpaired) electrons. The molecule has 2 amide bonds. The lowest BCUT2D eigenvalue weighted by molar-refractivity contribution is -0.133. The number of ether oxygens (including phenoxy) is 1. The molecular formula is C27H30FN5O5. The predicted octanol–water partition coefficient (Wildman–Crippen LogP) is 1.96. The van der Waals surface area contributed by atoms with Crippen molar-refractivity contribution in [1.29, 1.82) is 0 Å². The summed E-state index contributed by atoms with van der Waals surface area (Å²) in [6, 6.07) is 14.5. The Morgan fingerprint density at radius 1 is 1.16 bits per heavy atom. The molecule has 1 saturated heterocycles. The van der Waals surface area contributed by atoms with Crippen molar-refractivity contribution in [3.05, 3.63) is 93.4 Å². The van der Waals surface area contributed by atoms with Gasteiger partial charge in [0.15, 0.2) is 5.69 Å². The second kappa shape index (κ2) is 12.0. The highest BCUT2D eigenvalue weighted by atomic mass is 19.1. The van der Waals surface area contributed by atoms with Crippen molar-refractivity contribution in [2.45, 2.75) is 31.7 Å². The van der Waals surface area contributed by atoms with E-state index in [1.807, 2.05) is 30.3 Å². The highest BCUT2D eigenvalue weighted by Crippen LogP contribution is 2.32. The zero-order valence-electron chi connectivity index (χ0n) is 21.2. The summed E-state index contributed by atoms with van der Waals surface area (Å²) in [5.74, 6) is -2.12. The Kier molecular flexibility index (Phi) is 8.49. The number of amides is 2. The number of hydrogen-bond donors (Lipinski definition) is 3. The molecule has 1 aliphatic heterocycles. The van der Waals surface area contributed by atoms with Gasteiger partial charge in [-0.1, -0.05) is 42.5 Å². The molecule has 38 heavy (non-hydrogen) atoms. The van der Waals surface area contributed by atoms with Gasteiger partial charge in [0.25, 0.3) is 11.5 Å². The summed E-state index contributed by atoms with van der Waals surface area (Å²) in [4.78, 5) is 48.6. The van der Waals surface area contributed by atoms with E-state index >= 15 is 0 Å². The highest BCUT2D eigenvalue weighted by Gasteiger charge is 2.39. The van der Waals surface area contributed by atoms with Gasteiger partial charge < -0.3 is 29.9 Å². The number of halogens is 1. The van der Waals surface area contributed by atoms with Crippen LogP contribution in [0.25, 0.3) is 0 Å². The zero-order valence-corrected chi connectivity index (χ0v) is 21.2. The van der Waals surface area contributed by atoms with Gasteiger partial charge in [-0.15, -0.1) is 0 Å². The molecule has 1 aromatic heterocycles. The molecule has 0 spiro atoms. The molecule has 200 valence electrons. The third kappa shape index (κ3) is 6.61. The van der Waals surface area contributed by atoms with Crippen LogP contribution in [0.1, 0.15) is 39.9 Å². The van der Waals surface area contributed by atoms with Gasteiger partial charge >= 0.3 is 0 Å². The van der Waals surface area contributed by atoms with Gasteiger partial charge in [-0.3, -0.25) is 14.4 Å². The van der Waals surface area contributed by atoms with Crippen molar-refractivity contribution >= 4 is 11.8 Å². The number of hydrogen-bond acceptors (Lipinski definition) is 7. The van der Waals surface area contributed by atoms with Gasteiger partial charge in [-0.2, -0.15) is 0 Å². The molecule has 2 atom stereocenters. The van der Waals surface area contributed by atoms with E-state index in [1.165, 1.54) is 24.3 Å². The van der Waals surface area contributed by atoms with E-state index < -0.39 is 34.8 Å². The number of benzene rings is 2. The van der Waals surface area contributed by atoms with E-state index in [4.69, 9.17) is 4.74 Å². The van der Waals surface area contributed by atoms with Gasteiger partial charge in [0, 0.05) is 19.5 Å². The smallest absolute Gasteiger partial charge is 0.294 e. The number of carbonyl (C=O) groups excluding carboxylic acids is 2. The summed E-state index contributed by atoms with van der Waals surface area (Å²) < 4.78 is 19.2. The second-order valence-corrected chi connectivity index (χ2v) is 9.41. The van der Waals surface area contributed by atoms with E-state index in [0.717, 1.165) is 5.56 Å². The monoisotopic (exact) mass is 523 g/mol. The third-order valence-corrected chi connectivity index (χ3v) is 6.17. The zero-order chi connectivity index (χ0) is 27.2. The van der Waals surface area contributed by atoms with Crippen molar-refractivity contribution in [3.8, 4) is 5.75 Å². The number of likely N-dealkylation sites (N-methyl/N-ethyl adjacent to an activating group) is 1. The lowest BCUT2D eigenvalue weighted by Crippen LogP contribution is -2.39. The number of carbonyl (C=O) groups is 2. The Labute approximate surface area is 219 Å². The topological polar surface area (TPSA) is 128 Å². The van der Waals surface area contributed by atoms with E-state index in [0.29, 0.717) is 18.6 Å². The summed E-state index contributed by atoms with van der Waals surface area (Å²) in [5, 5.41) is 12.9. The van der Waals surface area contributed by atoms with Crippen molar-refractivity contribution < 1.29 is 23.8 Å². The SMILES string of the molecule is CN(C)CC(=O)N1CC(OCc2ccccc2)CC1c1nc(C(=O)NCc2ccc(F)cc2)c(O)c(=O)[nH]1. The quantitative estimate of drug-likeness (QED) is 0.391. The van der Waals surface area contributed by atoms with Gasteiger partial charge in [-0.25, -0.2) is 9.37 Å². The van der Waals surface area contributed by atoms with Crippen LogP contribution in [0.2, 0.25) is 0 Å². The lowest BCUT2D eigenvalue weighted by atomic mass is 10.1. The van der Waals surface area contributed by atoms with Gasteiger partial charge in [-0.05, 0) is 37.4 Å². The molecular weight excluding hydrogens is 493 g/mol. The Morgan fingerprint density at radius 2 is 1.87 bits per heavy atom. The normalized spacial score (nSPS) is 17.1. The third-order valence-electron chi connectivity index (χ3n) is 6.17. The highest BCUT2D eigenvalue weighted by molar-refractivity contribution is 5.94. The van der Waals surface area contributed by atoms with Crippen LogP contribution in [-0.2, 0) is 22.7 Å². The van der Waals surface area contributed by atoms with Gasteiger partial charge in [0.2, 0.25) is 11.7 Å². The Morgan fingerprint density at radius 3 is 2.55 bits per heavy atom. The minimum Gasteiger partial charge on any atom is -0.501 e. The van der Waals surface area contributed by atoms with E-state index in [-0.39, 0.29) is 37.5 Å². The van der Waals surface area contributed by atoms with Crippen molar-refractivity contribution in [3.63, 3.8) is 0 Å². The number of aromatic amines is 1. The first-order valence-corrected chi connectivity index (χ1v) is 12.2. The Balaban J connectivity index is 1.55. The number of H-pyrrole nitrogens is 1. The molecule has 1 aliphatic rings. The fraction of sp³-hybridized carbons (Fsp3) is 0.333. The molecule has 0 saturated carbocycles. The van der Waals surface area contributed by atoms with Crippen LogP contribution < -0.4 is 10.9 Å².